The van der Waals surface area contributed by atoms with Crippen LogP contribution in [0, 0.1) is 0 Å². The number of aryl methyl sites for hydroxylation is 1. The van der Waals surface area contributed by atoms with Crippen LogP contribution in [0.4, 0.5) is 0 Å². The summed E-state index contributed by atoms with van der Waals surface area (Å²) in [6, 6.07) is 13.2. The first kappa shape index (κ1) is 29.6. The Morgan fingerprint density at radius 3 is 2.28 bits per heavy atom. The molecule has 1 heterocycles. The van der Waals surface area contributed by atoms with Crippen molar-refractivity contribution in [1.29, 1.82) is 0 Å². The molecule has 0 radical (unpaired) electrons. The van der Waals surface area contributed by atoms with Gasteiger partial charge in [-0.2, -0.15) is 0 Å². The third-order valence-electron chi connectivity index (χ3n) is 3.57. The Bertz CT molecular complexity index is 901. The van der Waals surface area contributed by atoms with Crippen LogP contribution >= 0.6 is 23.2 Å². The van der Waals surface area contributed by atoms with Gasteiger partial charge in [-0.05, 0) is 41.8 Å². The summed E-state index contributed by atoms with van der Waals surface area (Å²) in [6.45, 7) is 6.62. The molecule has 1 aromatic heterocycles. The number of benzene rings is 2. The lowest BCUT2D eigenvalue weighted by molar-refractivity contribution is 0.111. The zero-order valence-electron chi connectivity index (χ0n) is 19.2. The molecule has 0 spiro atoms. The van der Waals surface area contributed by atoms with Gasteiger partial charge in [0, 0.05) is 25.8 Å². The van der Waals surface area contributed by atoms with Crippen LogP contribution in [0.2, 0.25) is 10.0 Å². The molecule has 0 atom stereocenters. The maximum absolute atomic E-state index is 10.4. The molecule has 0 fully saturated rings. The zero-order valence-corrected chi connectivity index (χ0v) is 20.7. The minimum Gasteiger partial charge on any atom is -0.482 e. The highest BCUT2D eigenvalue weighted by molar-refractivity contribution is 6.32. The fourth-order valence-electron chi connectivity index (χ4n) is 2.13. The summed E-state index contributed by atoms with van der Waals surface area (Å²) in [5, 5.41) is 1.31. The van der Waals surface area contributed by atoms with E-state index in [2.05, 4.69) is 22.7 Å². The van der Waals surface area contributed by atoms with E-state index in [9.17, 15) is 4.79 Å². The standard InChI is InChI=1S/C12H11ClN2O3.C8H9Cl.C2H6O.C2H6/c13-10-2-1-8(4-14)3-11(10)17-7-12-15-9(5-16)6-18-12;1-2-7-4-3-5-8(9)6-7;1-3-2;1-2/h1-3,5-6H,4,7,14H2;3-6H,2H2,1H3;1-2H3;1-2H3. The van der Waals surface area contributed by atoms with Crippen molar-refractivity contribution in [3.8, 4) is 5.75 Å². The minimum absolute atomic E-state index is 0.0988. The smallest absolute Gasteiger partial charge is 0.232 e. The van der Waals surface area contributed by atoms with Crippen molar-refractivity contribution in [2.45, 2.75) is 40.3 Å². The fraction of sp³-hybridized carbons (Fsp3) is 0.333. The van der Waals surface area contributed by atoms with Crippen molar-refractivity contribution in [2.75, 3.05) is 14.2 Å². The van der Waals surface area contributed by atoms with E-state index >= 15 is 0 Å². The van der Waals surface area contributed by atoms with Crippen LogP contribution in [-0.4, -0.2) is 25.5 Å². The molecule has 2 aromatic carbocycles. The average Bonchev–Trinajstić information content (AvgIpc) is 3.29. The lowest BCUT2D eigenvalue weighted by Gasteiger charge is -2.07. The van der Waals surface area contributed by atoms with Crippen LogP contribution in [0.25, 0.3) is 0 Å². The van der Waals surface area contributed by atoms with Gasteiger partial charge in [-0.25, -0.2) is 4.98 Å². The van der Waals surface area contributed by atoms with Gasteiger partial charge in [-0.3, -0.25) is 4.79 Å². The number of ether oxygens (including phenoxy) is 2. The minimum atomic E-state index is 0.0988. The van der Waals surface area contributed by atoms with E-state index < -0.39 is 0 Å². The van der Waals surface area contributed by atoms with E-state index in [0.717, 1.165) is 17.0 Å². The van der Waals surface area contributed by atoms with Crippen LogP contribution in [-0.2, 0) is 24.3 Å². The molecule has 0 aliphatic carbocycles. The summed E-state index contributed by atoms with van der Waals surface area (Å²) in [4.78, 5) is 14.3. The van der Waals surface area contributed by atoms with E-state index in [4.69, 9.17) is 38.1 Å². The first-order valence-electron chi connectivity index (χ1n) is 10.1. The fourth-order valence-corrected chi connectivity index (χ4v) is 2.51. The lowest BCUT2D eigenvalue weighted by atomic mass is 10.2. The predicted molar refractivity (Wildman–Crippen MR) is 131 cm³/mol. The van der Waals surface area contributed by atoms with E-state index in [1.165, 1.54) is 11.8 Å². The Hall–Kier alpha value is -2.38. The number of carbonyl (C=O) groups is 1. The third kappa shape index (κ3) is 11.9. The second-order valence-electron chi connectivity index (χ2n) is 5.93. The van der Waals surface area contributed by atoms with Gasteiger partial charge in [0.15, 0.2) is 12.9 Å². The number of methoxy groups -OCH3 is 1. The van der Waals surface area contributed by atoms with E-state index in [0.29, 0.717) is 29.5 Å². The van der Waals surface area contributed by atoms with Crippen LogP contribution in [0.5, 0.6) is 5.75 Å². The quantitative estimate of drug-likeness (QED) is 0.410. The summed E-state index contributed by atoms with van der Waals surface area (Å²) in [7, 11) is 3.25. The molecule has 0 saturated carbocycles. The van der Waals surface area contributed by atoms with Crippen LogP contribution in [0.1, 0.15) is 48.3 Å². The molecule has 8 heteroatoms. The van der Waals surface area contributed by atoms with Gasteiger partial charge in [-0.1, -0.05) is 62.2 Å². The van der Waals surface area contributed by atoms with Crippen molar-refractivity contribution < 1.29 is 18.7 Å². The van der Waals surface area contributed by atoms with Gasteiger partial charge in [0.25, 0.3) is 0 Å². The van der Waals surface area contributed by atoms with E-state index in [1.54, 1.807) is 26.4 Å². The molecule has 0 aliphatic heterocycles. The van der Waals surface area contributed by atoms with Crippen LogP contribution in [0.15, 0.2) is 53.1 Å². The number of halogens is 2. The number of carbonyl (C=O) groups excluding carboxylic acids is 1. The summed E-state index contributed by atoms with van der Waals surface area (Å²) in [5.74, 6) is 0.816. The Morgan fingerprint density at radius 2 is 1.78 bits per heavy atom. The van der Waals surface area contributed by atoms with Crippen molar-refractivity contribution in [1.82, 2.24) is 4.98 Å². The number of hydrogen-bond acceptors (Lipinski definition) is 6. The molecule has 0 saturated heterocycles. The Labute approximate surface area is 200 Å². The molecule has 3 rings (SSSR count). The molecule has 6 nitrogen and oxygen atoms in total. The average molecular weight is 483 g/mol. The predicted octanol–water partition coefficient (Wildman–Crippen LogP) is 6.37. The molecule has 0 amide bonds. The number of aromatic nitrogens is 1. The molecule has 3 aromatic rings. The van der Waals surface area contributed by atoms with Crippen molar-refractivity contribution in [3.05, 3.63) is 81.5 Å². The monoisotopic (exact) mass is 482 g/mol. The maximum Gasteiger partial charge on any atom is 0.232 e. The van der Waals surface area contributed by atoms with E-state index in [1.807, 2.05) is 38.1 Å². The van der Waals surface area contributed by atoms with Crippen LogP contribution < -0.4 is 10.5 Å². The second-order valence-corrected chi connectivity index (χ2v) is 6.78. The topological polar surface area (TPSA) is 87.6 Å². The molecular weight excluding hydrogens is 451 g/mol. The van der Waals surface area contributed by atoms with Crippen molar-refractivity contribution in [3.63, 3.8) is 0 Å². The Balaban J connectivity index is 0.000000574. The summed E-state index contributed by atoms with van der Waals surface area (Å²) in [6.07, 6.45) is 2.93. The number of rotatable bonds is 6. The normalized spacial score (nSPS) is 9.25. The highest BCUT2D eigenvalue weighted by Gasteiger charge is 2.07. The third-order valence-corrected chi connectivity index (χ3v) is 4.12. The first-order valence-corrected chi connectivity index (χ1v) is 10.9. The number of nitrogens with two attached hydrogens (primary N) is 1. The summed E-state index contributed by atoms with van der Waals surface area (Å²) < 4.78 is 14.8. The van der Waals surface area contributed by atoms with Gasteiger partial charge in [-0.15, -0.1) is 0 Å². The Kier molecular flexibility index (Phi) is 16.9. The first-order chi connectivity index (χ1) is 15.5. The highest BCUT2D eigenvalue weighted by Crippen LogP contribution is 2.26. The van der Waals surface area contributed by atoms with Crippen LogP contribution in [0.3, 0.4) is 0 Å². The molecule has 0 aliphatic rings. The van der Waals surface area contributed by atoms with Gasteiger partial charge < -0.3 is 19.6 Å². The summed E-state index contributed by atoms with van der Waals surface area (Å²) >= 11 is 11.7. The van der Waals surface area contributed by atoms with E-state index in [-0.39, 0.29) is 12.3 Å². The highest BCUT2D eigenvalue weighted by atomic mass is 35.5. The van der Waals surface area contributed by atoms with Gasteiger partial charge in [0.1, 0.15) is 17.7 Å². The van der Waals surface area contributed by atoms with Gasteiger partial charge in [0.2, 0.25) is 5.89 Å². The SMILES string of the molecule is CC.CCc1cccc(Cl)c1.COC.NCc1ccc(Cl)c(OCc2nc(C=O)co2)c1. The molecule has 0 bridgehead atoms. The van der Waals surface area contributed by atoms with Crippen molar-refractivity contribution in [2.24, 2.45) is 5.73 Å². The summed E-state index contributed by atoms with van der Waals surface area (Å²) in [5.41, 5.74) is 7.97. The van der Waals surface area contributed by atoms with Gasteiger partial charge >= 0.3 is 0 Å². The molecular formula is C24H32Cl2N2O4. The number of nitrogens with zero attached hydrogens (tertiary/aromatic N) is 1. The Morgan fingerprint density at radius 1 is 1.09 bits per heavy atom. The van der Waals surface area contributed by atoms with Gasteiger partial charge in [0.05, 0.1) is 5.02 Å². The second kappa shape index (κ2) is 18.2. The number of hydrogen-bond donors (Lipinski definition) is 1. The van der Waals surface area contributed by atoms with Crippen molar-refractivity contribution >= 4 is 29.5 Å². The largest absolute Gasteiger partial charge is 0.482 e. The molecule has 176 valence electrons. The molecule has 2 N–H and O–H groups in total. The number of oxazole rings is 1. The maximum atomic E-state index is 10.4. The lowest BCUT2D eigenvalue weighted by Crippen LogP contribution is -2.00. The molecule has 32 heavy (non-hydrogen) atoms. The zero-order chi connectivity index (χ0) is 24.4. The molecule has 0 unspecified atom stereocenters. The number of aldehydes is 1.